The Labute approximate surface area is 203 Å². The van der Waals surface area contributed by atoms with Crippen molar-refractivity contribution in [2.24, 2.45) is 0 Å². The average molecular weight is 520 g/mol. The Kier molecular flexibility index (Phi) is 6.90. The number of anilines is 3. The molecule has 14 heteroatoms. The van der Waals surface area contributed by atoms with E-state index in [1.165, 1.54) is 30.5 Å². The summed E-state index contributed by atoms with van der Waals surface area (Å²) in [6.45, 7) is -0.360. The molecule has 0 radical (unpaired) electrons. The van der Waals surface area contributed by atoms with Gasteiger partial charge in [-0.2, -0.15) is 23.1 Å². The van der Waals surface area contributed by atoms with Gasteiger partial charge in [0.05, 0.1) is 17.5 Å². The lowest BCUT2D eigenvalue weighted by atomic mass is 10.1. The van der Waals surface area contributed by atoms with Crippen LogP contribution in [0.5, 0.6) is 0 Å². The van der Waals surface area contributed by atoms with Crippen molar-refractivity contribution in [2.75, 3.05) is 23.5 Å². The van der Waals surface area contributed by atoms with E-state index in [9.17, 15) is 26.7 Å². The Balaban J connectivity index is 1.70. The molecule has 4 rings (SSSR count). The van der Waals surface area contributed by atoms with Crippen molar-refractivity contribution in [3.05, 3.63) is 72.2 Å². The Bertz CT molecular complexity index is 1440. The number of nitrogens with zero attached hydrogens (tertiary/aromatic N) is 4. The molecule has 3 N–H and O–H groups in total. The third-order valence-corrected chi connectivity index (χ3v) is 6.06. The molecule has 0 saturated carbocycles. The molecule has 0 amide bonds. The minimum Gasteiger partial charge on any atom is -0.394 e. The van der Waals surface area contributed by atoms with Gasteiger partial charge in [-0.25, -0.2) is 13.4 Å². The van der Waals surface area contributed by atoms with Crippen LogP contribution in [0.2, 0.25) is 0 Å². The summed E-state index contributed by atoms with van der Waals surface area (Å²) < 4.78 is 67.1. The van der Waals surface area contributed by atoms with Crippen molar-refractivity contribution >= 4 is 27.3 Å². The molecular weight excluding hydrogens is 501 g/mol. The molecule has 0 unspecified atom stereocenters. The highest BCUT2D eigenvalue weighted by molar-refractivity contribution is 7.90. The number of aromatic nitrogens is 4. The van der Waals surface area contributed by atoms with Crippen LogP contribution in [0.1, 0.15) is 17.4 Å². The number of benzene rings is 2. The molecule has 0 spiro atoms. The number of sulfone groups is 1. The number of alkyl halides is 3. The number of hydrogen-bond acceptors (Lipinski definition) is 10. The summed E-state index contributed by atoms with van der Waals surface area (Å²) in [5.74, 6) is -1.88. The lowest BCUT2D eigenvalue weighted by Crippen LogP contribution is -2.17. The molecule has 10 nitrogen and oxygen atoms in total. The summed E-state index contributed by atoms with van der Waals surface area (Å²) in [6, 6.07) is 14.0. The van der Waals surface area contributed by atoms with Crippen LogP contribution in [-0.2, 0) is 16.0 Å². The van der Waals surface area contributed by atoms with Crippen LogP contribution in [0.4, 0.5) is 30.6 Å². The first-order chi connectivity index (χ1) is 17.0. The molecule has 0 aliphatic rings. The first kappa shape index (κ1) is 25.1. The number of aliphatic hydroxyl groups excluding tert-OH is 1. The van der Waals surface area contributed by atoms with Crippen LogP contribution in [0.3, 0.4) is 0 Å². The molecule has 188 valence electrons. The topological polar surface area (TPSA) is 143 Å². The van der Waals surface area contributed by atoms with Crippen LogP contribution < -0.4 is 10.6 Å². The minimum atomic E-state index is -4.81. The molecule has 2 aromatic heterocycles. The van der Waals surface area contributed by atoms with Crippen LogP contribution in [-0.4, -0.2) is 46.5 Å². The smallest absolute Gasteiger partial charge is 0.394 e. The third kappa shape index (κ3) is 5.78. The normalized spacial score (nSPS) is 12.8. The van der Waals surface area contributed by atoms with Crippen molar-refractivity contribution in [3.8, 4) is 11.5 Å². The van der Waals surface area contributed by atoms with E-state index >= 15 is 0 Å². The Morgan fingerprint density at radius 3 is 2.33 bits per heavy atom. The fourth-order valence-electron chi connectivity index (χ4n) is 3.16. The molecule has 1 atom stereocenters. The molecule has 0 aliphatic heterocycles. The number of halogens is 3. The summed E-state index contributed by atoms with van der Waals surface area (Å²) in [7, 11) is -3.38. The standard InChI is InChI=1S/C22H19F3N6O4S/c1-36(33,34)15-9-7-14(8-10-15)27-21-26-11-16(19-30-20(31-35-19)22(23,24)25)18(29-21)28-17(12-32)13-5-3-2-4-6-13/h2-11,17,32H,12H2,1H3,(H2,26,27,28,29)/t17-/m1/s1. The van der Waals surface area contributed by atoms with Crippen LogP contribution in [0.15, 0.2) is 70.2 Å². The van der Waals surface area contributed by atoms with Gasteiger partial charge in [0.2, 0.25) is 5.95 Å². The van der Waals surface area contributed by atoms with E-state index in [2.05, 4.69) is 30.7 Å². The number of rotatable bonds is 8. The van der Waals surface area contributed by atoms with E-state index in [0.29, 0.717) is 11.3 Å². The SMILES string of the molecule is CS(=O)(=O)c1ccc(Nc2ncc(-c3nc(C(F)(F)F)no3)c(N[C@H](CO)c3ccccc3)n2)cc1. The van der Waals surface area contributed by atoms with E-state index in [1.54, 1.807) is 30.3 Å². The first-order valence-corrected chi connectivity index (χ1v) is 12.2. The van der Waals surface area contributed by atoms with Gasteiger partial charge in [-0.15, -0.1) is 0 Å². The van der Waals surface area contributed by atoms with Gasteiger partial charge in [0.15, 0.2) is 9.84 Å². The lowest BCUT2D eigenvalue weighted by molar-refractivity contribution is -0.146. The van der Waals surface area contributed by atoms with Crippen molar-refractivity contribution < 1.29 is 31.2 Å². The summed E-state index contributed by atoms with van der Waals surface area (Å²) in [5, 5.41) is 18.8. The van der Waals surface area contributed by atoms with Crippen LogP contribution in [0, 0.1) is 0 Å². The Morgan fingerprint density at radius 1 is 1.06 bits per heavy atom. The molecule has 0 fully saturated rings. The Hall–Kier alpha value is -4.04. The highest BCUT2D eigenvalue weighted by atomic mass is 32.2. The minimum absolute atomic E-state index is 0.0144. The Morgan fingerprint density at radius 2 is 1.75 bits per heavy atom. The summed E-state index contributed by atoms with van der Waals surface area (Å²) in [6.07, 6.45) is -2.54. The fraction of sp³-hybridized carbons (Fsp3) is 0.182. The van der Waals surface area contributed by atoms with Gasteiger partial charge in [0.1, 0.15) is 11.4 Å². The maximum atomic E-state index is 13.0. The van der Waals surface area contributed by atoms with Gasteiger partial charge in [-0.1, -0.05) is 35.5 Å². The number of nitrogens with one attached hydrogen (secondary N) is 2. The molecule has 36 heavy (non-hydrogen) atoms. The number of hydrogen-bond donors (Lipinski definition) is 3. The molecule has 2 heterocycles. The predicted octanol–water partition coefficient (Wildman–Crippen LogP) is 3.84. The van der Waals surface area contributed by atoms with E-state index in [0.717, 1.165) is 6.26 Å². The second kappa shape index (κ2) is 9.91. The molecule has 0 bridgehead atoms. The van der Waals surface area contributed by atoms with E-state index in [-0.39, 0.29) is 28.8 Å². The van der Waals surface area contributed by atoms with Gasteiger partial charge in [-0.3, -0.25) is 0 Å². The molecule has 4 aromatic rings. The highest BCUT2D eigenvalue weighted by Crippen LogP contribution is 2.33. The van der Waals surface area contributed by atoms with Crippen molar-refractivity contribution in [3.63, 3.8) is 0 Å². The van der Waals surface area contributed by atoms with Crippen LogP contribution in [0.25, 0.3) is 11.5 Å². The van der Waals surface area contributed by atoms with Gasteiger partial charge >= 0.3 is 6.18 Å². The van der Waals surface area contributed by atoms with Crippen molar-refractivity contribution in [1.29, 1.82) is 0 Å². The summed E-state index contributed by atoms with van der Waals surface area (Å²) >= 11 is 0. The highest BCUT2D eigenvalue weighted by Gasteiger charge is 2.37. The van der Waals surface area contributed by atoms with Gasteiger partial charge in [-0.05, 0) is 29.8 Å². The van der Waals surface area contributed by atoms with E-state index in [4.69, 9.17) is 4.52 Å². The maximum absolute atomic E-state index is 13.0. The summed E-state index contributed by atoms with van der Waals surface area (Å²) in [5.41, 5.74) is 1.13. The van der Waals surface area contributed by atoms with E-state index < -0.39 is 33.8 Å². The number of aliphatic hydroxyl groups is 1. The zero-order chi connectivity index (χ0) is 25.9. The molecular formula is C22H19F3N6O4S. The van der Waals surface area contributed by atoms with E-state index in [1.807, 2.05) is 0 Å². The fourth-order valence-corrected chi connectivity index (χ4v) is 3.79. The molecule has 2 aromatic carbocycles. The lowest BCUT2D eigenvalue weighted by Gasteiger charge is -2.19. The van der Waals surface area contributed by atoms with Crippen molar-refractivity contribution in [2.45, 2.75) is 17.1 Å². The second-order valence-corrected chi connectivity index (χ2v) is 9.60. The van der Waals surface area contributed by atoms with Gasteiger partial charge in [0, 0.05) is 18.1 Å². The predicted molar refractivity (Wildman–Crippen MR) is 123 cm³/mol. The monoisotopic (exact) mass is 520 g/mol. The summed E-state index contributed by atoms with van der Waals surface area (Å²) in [4.78, 5) is 12.0. The van der Waals surface area contributed by atoms with Gasteiger partial charge in [0.25, 0.3) is 11.7 Å². The molecule has 0 saturated heterocycles. The quantitative estimate of drug-likeness (QED) is 0.314. The zero-order valence-electron chi connectivity index (χ0n) is 18.6. The van der Waals surface area contributed by atoms with Crippen LogP contribution >= 0.6 is 0 Å². The van der Waals surface area contributed by atoms with Gasteiger partial charge < -0.3 is 20.3 Å². The average Bonchev–Trinajstić information content (AvgIpc) is 3.34. The second-order valence-electron chi connectivity index (χ2n) is 7.59. The van der Waals surface area contributed by atoms with Crippen molar-refractivity contribution in [1.82, 2.24) is 20.1 Å². The first-order valence-electron chi connectivity index (χ1n) is 10.3. The largest absolute Gasteiger partial charge is 0.455 e. The molecule has 0 aliphatic carbocycles. The zero-order valence-corrected chi connectivity index (χ0v) is 19.4. The maximum Gasteiger partial charge on any atom is 0.455 e. The third-order valence-electron chi connectivity index (χ3n) is 4.93.